The first-order valence-electron chi connectivity index (χ1n) is 11.9. The van der Waals surface area contributed by atoms with Crippen molar-refractivity contribution in [1.29, 1.82) is 0 Å². The van der Waals surface area contributed by atoms with Crippen molar-refractivity contribution in [1.82, 2.24) is 13.9 Å². The number of halogens is 1. The molecule has 2 atom stereocenters. The molecular weight excluding hydrogens is 534 g/mol. The lowest BCUT2D eigenvalue weighted by Gasteiger charge is -2.30. The maximum absolute atomic E-state index is 13.3. The molecule has 0 unspecified atom stereocenters. The Balaban J connectivity index is 1.46. The molecule has 182 valence electrons. The third kappa shape index (κ3) is 5.23. The number of benzene rings is 2. The molecule has 2 aliphatic heterocycles. The number of hydrogen-bond acceptors (Lipinski definition) is 5. The molecule has 3 heterocycles. The normalized spacial score (nSPS) is 21.9. The molecule has 2 saturated heterocycles. The molecule has 0 spiro atoms. The first-order valence-corrected chi connectivity index (χ1v) is 15.1. The van der Waals surface area contributed by atoms with E-state index in [0.29, 0.717) is 23.9 Å². The second-order valence-electron chi connectivity index (χ2n) is 9.32. The number of imidazole rings is 1. The zero-order valence-corrected chi connectivity index (χ0v) is 22.5. The molecule has 6 nitrogen and oxygen atoms in total. The van der Waals surface area contributed by atoms with Gasteiger partial charge in [0.2, 0.25) is 10.0 Å². The third-order valence-electron chi connectivity index (χ3n) is 6.63. The number of hydrogen-bond donors (Lipinski definition) is 0. The lowest BCUT2D eigenvalue weighted by atomic mass is 10.0. The minimum absolute atomic E-state index is 0.169. The highest BCUT2D eigenvalue weighted by Crippen LogP contribution is 2.31. The van der Waals surface area contributed by atoms with Crippen LogP contribution in [0.3, 0.4) is 0 Å². The van der Waals surface area contributed by atoms with E-state index >= 15 is 0 Å². The van der Waals surface area contributed by atoms with E-state index in [1.54, 1.807) is 28.2 Å². The first kappa shape index (κ1) is 24.3. The van der Waals surface area contributed by atoms with Gasteiger partial charge in [0.15, 0.2) is 5.16 Å². The maximum atomic E-state index is 13.3. The van der Waals surface area contributed by atoms with Crippen LogP contribution in [0, 0.1) is 5.92 Å². The van der Waals surface area contributed by atoms with E-state index in [-0.39, 0.29) is 6.10 Å². The third-order valence-corrected chi connectivity index (χ3v) is 10.1. The maximum Gasteiger partial charge on any atom is 0.243 e. The van der Waals surface area contributed by atoms with Gasteiger partial charge in [-0.2, -0.15) is 4.31 Å². The van der Waals surface area contributed by atoms with Crippen LogP contribution in [0.2, 0.25) is 0 Å². The molecule has 3 aromatic rings. The van der Waals surface area contributed by atoms with Crippen LogP contribution in [0.5, 0.6) is 0 Å². The Morgan fingerprint density at radius 3 is 2.71 bits per heavy atom. The van der Waals surface area contributed by atoms with Gasteiger partial charge in [-0.05, 0) is 67.5 Å². The summed E-state index contributed by atoms with van der Waals surface area (Å²) in [5.74, 6) is 1.18. The summed E-state index contributed by atoms with van der Waals surface area (Å²) in [7, 11) is -3.52. The number of aromatic nitrogens is 2. The number of rotatable bonds is 7. The van der Waals surface area contributed by atoms with Crippen LogP contribution in [0.25, 0.3) is 11.0 Å². The monoisotopic (exact) mass is 563 g/mol. The fourth-order valence-corrected chi connectivity index (χ4v) is 7.63. The fraction of sp³-hybridized carbons (Fsp3) is 0.480. The summed E-state index contributed by atoms with van der Waals surface area (Å²) in [6.45, 7) is 4.82. The average Bonchev–Trinajstić information content (AvgIpc) is 3.46. The van der Waals surface area contributed by atoms with Gasteiger partial charge in [-0.25, -0.2) is 13.4 Å². The van der Waals surface area contributed by atoms with Crippen molar-refractivity contribution in [3.8, 4) is 0 Å². The average molecular weight is 565 g/mol. The van der Waals surface area contributed by atoms with Crippen LogP contribution < -0.4 is 0 Å². The largest absolute Gasteiger partial charge is 0.376 e. The van der Waals surface area contributed by atoms with E-state index in [4.69, 9.17) is 9.72 Å². The van der Waals surface area contributed by atoms with Crippen molar-refractivity contribution in [3.05, 3.63) is 52.5 Å². The topological polar surface area (TPSA) is 64.4 Å². The quantitative estimate of drug-likeness (QED) is 0.345. The SMILES string of the molecule is C[C@@H]1CCCN(S(=O)(=O)c2ccc3c(c2)nc(SCc2ccc(Br)cc2)n3C[C@@H]2CCCO2)C1. The number of fused-ring (bicyclic) bond motifs is 1. The summed E-state index contributed by atoms with van der Waals surface area (Å²) in [5, 5.41) is 0.898. The second kappa shape index (κ2) is 10.3. The smallest absolute Gasteiger partial charge is 0.243 e. The lowest BCUT2D eigenvalue weighted by molar-refractivity contribution is 0.0960. The Hall–Kier alpha value is -1.39. The highest BCUT2D eigenvalue weighted by molar-refractivity contribution is 9.10. The Morgan fingerprint density at radius 1 is 1.15 bits per heavy atom. The van der Waals surface area contributed by atoms with Gasteiger partial charge in [0.1, 0.15) is 0 Å². The van der Waals surface area contributed by atoms with E-state index in [0.717, 1.165) is 65.3 Å². The lowest BCUT2D eigenvalue weighted by Crippen LogP contribution is -2.39. The van der Waals surface area contributed by atoms with Crippen molar-refractivity contribution in [3.63, 3.8) is 0 Å². The summed E-state index contributed by atoms with van der Waals surface area (Å²) < 4.78 is 37.5. The minimum atomic E-state index is -3.52. The van der Waals surface area contributed by atoms with Crippen LogP contribution >= 0.6 is 27.7 Å². The summed E-state index contributed by atoms with van der Waals surface area (Å²) in [5.41, 5.74) is 2.90. The standard InChI is InChI=1S/C25H30BrN3O3S2/c1-18-4-2-12-28(15-18)34(30,31)22-10-11-24-23(14-22)27-25(29(24)16-21-5-3-13-32-21)33-17-19-6-8-20(26)9-7-19/h6-11,14,18,21H,2-5,12-13,15-17H2,1H3/t18-,21+/m1/s1. The molecule has 2 fully saturated rings. The van der Waals surface area contributed by atoms with Crippen molar-refractivity contribution in [2.75, 3.05) is 19.7 Å². The van der Waals surface area contributed by atoms with Gasteiger partial charge in [0, 0.05) is 29.9 Å². The van der Waals surface area contributed by atoms with Crippen molar-refractivity contribution in [2.45, 2.75) is 61.1 Å². The van der Waals surface area contributed by atoms with Gasteiger partial charge < -0.3 is 9.30 Å². The zero-order valence-electron chi connectivity index (χ0n) is 19.3. The van der Waals surface area contributed by atoms with Gasteiger partial charge in [0.25, 0.3) is 0 Å². The van der Waals surface area contributed by atoms with Gasteiger partial charge in [-0.1, -0.05) is 46.7 Å². The zero-order chi connectivity index (χ0) is 23.7. The van der Waals surface area contributed by atoms with E-state index in [2.05, 4.69) is 39.6 Å². The fourth-order valence-electron chi connectivity index (χ4n) is 4.77. The number of thioether (sulfide) groups is 1. The molecule has 0 amide bonds. The van der Waals surface area contributed by atoms with Gasteiger partial charge in [0.05, 0.1) is 28.6 Å². The predicted octanol–water partition coefficient (Wildman–Crippen LogP) is 5.69. The molecule has 9 heteroatoms. The van der Waals surface area contributed by atoms with E-state index in [1.807, 2.05) is 18.2 Å². The second-order valence-corrected chi connectivity index (χ2v) is 13.1. The molecular formula is C25H30BrN3O3S2. The van der Waals surface area contributed by atoms with E-state index in [9.17, 15) is 8.42 Å². The molecule has 5 rings (SSSR count). The first-order chi connectivity index (χ1) is 16.4. The summed E-state index contributed by atoms with van der Waals surface area (Å²) in [4.78, 5) is 5.23. The van der Waals surface area contributed by atoms with Crippen LogP contribution in [0.4, 0.5) is 0 Å². The molecule has 0 aliphatic carbocycles. The molecule has 2 aromatic carbocycles. The summed E-state index contributed by atoms with van der Waals surface area (Å²) in [6, 6.07) is 13.7. The highest BCUT2D eigenvalue weighted by atomic mass is 79.9. The molecule has 2 aliphatic rings. The van der Waals surface area contributed by atoms with Crippen LogP contribution in [0.15, 0.2) is 57.0 Å². The molecule has 0 bridgehead atoms. The molecule has 1 aromatic heterocycles. The van der Waals surface area contributed by atoms with Crippen molar-refractivity contribution in [2.24, 2.45) is 5.92 Å². The van der Waals surface area contributed by atoms with Gasteiger partial charge >= 0.3 is 0 Å². The molecule has 34 heavy (non-hydrogen) atoms. The Kier molecular flexibility index (Phi) is 7.37. The molecule has 0 N–H and O–H groups in total. The summed E-state index contributed by atoms with van der Waals surface area (Å²) in [6.07, 6.45) is 4.28. The van der Waals surface area contributed by atoms with Crippen molar-refractivity contribution < 1.29 is 13.2 Å². The summed E-state index contributed by atoms with van der Waals surface area (Å²) >= 11 is 5.17. The minimum Gasteiger partial charge on any atom is -0.376 e. The van der Waals surface area contributed by atoms with Gasteiger partial charge in [-0.3, -0.25) is 0 Å². The Labute approximate surface area is 214 Å². The van der Waals surface area contributed by atoms with Crippen LogP contribution in [-0.2, 0) is 27.1 Å². The number of nitrogens with zero attached hydrogens (tertiary/aromatic N) is 3. The molecule has 0 saturated carbocycles. The Bertz CT molecular complexity index is 1250. The van der Waals surface area contributed by atoms with Crippen LogP contribution in [-0.4, -0.2) is 48.1 Å². The highest BCUT2D eigenvalue weighted by Gasteiger charge is 2.29. The van der Waals surface area contributed by atoms with Gasteiger partial charge in [-0.15, -0.1) is 0 Å². The number of ether oxygens (including phenoxy) is 1. The van der Waals surface area contributed by atoms with E-state index < -0.39 is 10.0 Å². The van der Waals surface area contributed by atoms with Crippen LogP contribution in [0.1, 0.15) is 38.2 Å². The van der Waals surface area contributed by atoms with Crippen molar-refractivity contribution >= 4 is 48.7 Å². The van der Waals surface area contributed by atoms with E-state index in [1.165, 1.54) is 5.56 Å². The molecule has 0 radical (unpaired) electrons. The predicted molar refractivity (Wildman–Crippen MR) is 140 cm³/mol. The number of piperidine rings is 1. The number of sulfonamides is 1. The Morgan fingerprint density at radius 2 is 1.97 bits per heavy atom.